The first-order valence-electron chi connectivity index (χ1n) is 5.69. The monoisotopic (exact) mass is 203 g/mol. The van der Waals surface area contributed by atoms with E-state index in [1.807, 2.05) is 0 Å². The van der Waals surface area contributed by atoms with Crippen molar-refractivity contribution in [2.24, 2.45) is 0 Å². The highest BCUT2D eigenvalue weighted by molar-refractivity contribution is 5.28. The van der Waals surface area contributed by atoms with Crippen molar-refractivity contribution in [3.05, 3.63) is 35.9 Å². The minimum absolute atomic E-state index is 0.0398. The fraction of sp³-hybridized carbons (Fsp3) is 0.538. The highest BCUT2D eigenvalue weighted by atomic mass is 16.5. The molecule has 0 amide bonds. The van der Waals surface area contributed by atoms with Crippen LogP contribution in [0.2, 0.25) is 0 Å². The van der Waals surface area contributed by atoms with Crippen LogP contribution < -0.4 is 5.32 Å². The number of rotatable bonds is 3. The summed E-state index contributed by atoms with van der Waals surface area (Å²) in [6.07, 6.45) is 2.35. The summed E-state index contributed by atoms with van der Waals surface area (Å²) in [5, 5.41) is 3.28. The van der Waals surface area contributed by atoms with E-state index in [0.717, 1.165) is 13.1 Å². The molecule has 0 bridgehead atoms. The standard InChI is InChI=1S/C13H17NO/c1-12(9-14-10-12)15-13(7-8-13)11-5-3-2-4-6-11/h2-6,14H,7-10H2,1H3. The Morgan fingerprint density at radius 1 is 1.13 bits per heavy atom. The normalized spacial score (nSPS) is 25.7. The largest absolute Gasteiger partial charge is 0.361 e. The van der Waals surface area contributed by atoms with Gasteiger partial charge in [0.2, 0.25) is 0 Å². The van der Waals surface area contributed by atoms with Gasteiger partial charge in [0, 0.05) is 13.1 Å². The zero-order valence-electron chi connectivity index (χ0n) is 9.12. The van der Waals surface area contributed by atoms with E-state index in [-0.39, 0.29) is 11.2 Å². The predicted molar refractivity (Wildman–Crippen MR) is 59.7 cm³/mol. The molecule has 15 heavy (non-hydrogen) atoms. The van der Waals surface area contributed by atoms with Crippen LogP contribution >= 0.6 is 0 Å². The molecule has 80 valence electrons. The van der Waals surface area contributed by atoms with E-state index in [4.69, 9.17) is 4.74 Å². The van der Waals surface area contributed by atoms with Crippen molar-refractivity contribution in [2.45, 2.75) is 31.0 Å². The van der Waals surface area contributed by atoms with E-state index < -0.39 is 0 Å². The van der Waals surface area contributed by atoms with Crippen molar-refractivity contribution in [2.75, 3.05) is 13.1 Å². The minimum Gasteiger partial charge on any atom is -0.361 e. The lowest BCUT2D eigenvalue weighted by Crippen LogP contribution is -2.60. The van der Waals surface area contributed by atoms with Gasteiger partial charge in [-0.05, 0) is 25.3 Å². The van der Waals surface area contributed by atoms with Gasteiger partial charge in [0.1, 0.15) is 0 Å². The summed E-state index contributed by atoms with van der Waals surface area (Å²) in [7, 11) is 0. The first-order chi connectivity index (χ1) is 7.23. The minimum atomic E-state index is 0.0398. The van der Waals surface area contributed by atoms with Crippen molar-refractivity contribution in [1.29, 1.82) is 0 Å². The van der Waals surface area contributed by atoms with Gasteiger partial charge in [-0.3, -0.25) is 0 Å². The lowest BCUT2D eigenvalue weighted by molar-refractivity contribution is -0.128. The van der Waals surface area contributed by atoms with Gasteiger partial charge in [0.05, 0.1) is 11.2 Å². The van der Waals surface area contributed by atoms with Crippen molar-refractivity contribution >= 4 is 0 Å². The summed E-state index contributed by atoms with van der Waals surface area (Å²) in [6.45, 7) is 4.18. The molecule has 1 aromatic rings. The Morgan fingerprint density at radius 3 is 2.27 bits per heavy atom. The zero-order valence-corrected chi connectivity index (χ0v) is 9.12. The molecule has 1 saturated heterocycles. The molecular weight excluding hydrogens is 186 g/mol. The fourth-order valence-electron chi connectivity index (χ4n) is 2.33. The number of benzene rings is 1. The second kappa shape index (κ2) is 3.06. The second-order valence-corrected chi connectivity index (χ2v) is 5.02. The molecule has 0 unspecified atom stereocenters. The number of ether oxygens (including phenoxy) is 1. The van der Waals surface area contributed by atoms with E-state index >= 15 is 0 Å². The summed E-state index contributed by atoms with van der Waals surface area (Å²) >= 11 is 0. The smallest absolute Gasteiger partial charge is 0.0942 e. The Balaban J connectivity index is 1.80. The van der Waals surface area contributed by atoms with Crippen molar-refractivity contribution < 1.29 is 4.74 Å². The Hall–Kier alpha value is -0.860. The Bertz CT molecular complexity index is 352. The lowest BCUT2D eigenvalue weighted by Gasteiger charge is -2.42. The molecule has 2 fully saturated rings. The maximum Gasteiger partial charge on any atom is 0.0942 e. The Morgan fingerprint density at radius 2 is 1.80 bits per heavy atom. The van der Waals surface area contributed by atoms with E-state index in [0.29, 0.717) is 0 Å². The molecule has 1 aliphatic heterocycles. The van der Waals surface area contributed by atoms with Crippen molar-refractivity contribution in [3.8, 4) is 0 Å². The van der Waals surface area contributed by atoms with Crippen LogP contribution in [0.1, 0.15) is 25.3 Å². The molecule has 0 aromatic heterocycles. The Labute approximate surface area is 90.6 Å². The van der Waals surface area contributed by atoms with Gasteiger partial charge < -0.3 is 10.1 Å². The maximum atomic E-state index is 6.30. The summed E-state index contributed by atoms with van der Waals surface area (Å²) in [4.78, 5) is 0. The quantitative estimate of drug-likeness (QED) is 0.812. The molecule has 3 rings (SSSR count). The highest BCUT2D eigenvalue weighted by Crippen LogP contribution is 2.51. The molecule has 0 atom stereocenters. The van der Waals surface area contributed by atoms with Gasteiger partial charge in [0.15, 0.2) is 0 Å². The molecule has 2 heteroatoms. The van der Waals surface area contributed by atoms with Crippen molar-refractivity contribution in [1.82, 2.24) is 5.32 Å². The second-order valence-electron chi connectivity index (χ2n) is 5.02. The number of hydrogen-bond acceptors (Lipinski definition) is 2. The van der Waals surface area contributed by atoms with Crippen LogP contribution in [-0.2, 0) is 10.3 Å². The zero-order chi connectivity index (χ0) is 10.4. The summed E-state index contributed by atoms with van der Waals surface area (Å²) < 4.78 is 6.30. The van der Waals surface area contributed by atoms with E-state index in [9.17, 15) is 0 Å². The van der Waals surface area contributed by atoms with Crippen LogP contribution in [0.4, 0.5) is 0 Å². The van der Waals surface area contributed by atoms with Gasteiger partial charge >= 0.3 is 0 Å². The predicted octanol–water partition coefficient (Wildman–Crippen LogP) is 2.05. The lowest BCUT2D eigenvalue weighted by atomic mass is 9.98. The van der Waals surface area contributed by atoms with Crippen LogP contribution in [0.5, 0.6) is 0 Å². The van der Waals surface area contributed by atoms with Gasteiger partial charge in [-0.2, -0.15) is 0 Å². The molecule has 0 radical (unpaired) electrons. The van der Waals surface area contributed by atoms with Gasteiger partial charge in [-0.25, -0.2) is 0 Å². The highest BCUT2D eigenvalue weighted by Gasteiger charge is 2.51. The third-order valence-electron chi connectivity index (χ3n) is 3.44. The molecule has 2 nitrogen and oxygen atoms in total. The summed E-state index contributed by atoms with van der Waals surface area (Å²) in [5.41, 5.74) is 1.45. The molecule has 1 heterocycles. The third kappa shape index (κ3) is 1.58. The number of nitrogens with one attached hydrogen (secondary N) is 1. The fourth-order valence-corrected chi connectivity index (χ4v) is 2.33. The summed E-state index contributed by atoms with van der Waals surface area (Å²) in [6, 6.07) is 10.6. The topological polar surface area (TPSA) is 21.3 Å². The first-order valence-corrected chi connectivity index (χ1v) is 5.69. The molecule has 1 aromatic carbocycles. The van der Waals surface area contributed by atoms with Gasteiger partial charge in [-0.1, -0.05) is 30.3 Å². The molecular formula is C13H17NO. The average Bonchev–Trinajstić information content (AvgIpc) is 2.98. The molecule has 1 aliphatic carbocycles. The molecule has 2 aliphatic rings. The van der Waals surface area contributed by atoms with Gasteiger partial charge in [0.25, 0.3) is 0 Å². The van der Waals surface area contributed by atoms with Crippen LogP contribution in [0.25, 0.3) is 0 Å². The first kappa shape index (κ1) is 9.37. The molecule has 0 spiro atoms. The molecule has 1 saturated carbocycles. The van der Waals surface area contributed by atoms with Crippen LogP contribution in [0.3, 0.4) is 0 Å². The molecule has 1 N–H and O–H groups in total. The van der Waals surface area contributed by atoms with E-state index in [1.54, 1.807) is 0 Å². The van der Waals surface area contributed by atoms with E-state index in [1.165, 1.54) is 18.4 Å². The van der Waals surface area contributed by atoms with Crippen LogP contribution in [0.15, 0.2) is 30.3 Å². The Kier molecular flexibility index (Phi) is 1.91. The SMILES string of the molecule is CC1(OC2(c3ccccc3)CC2)CNC1. The average molecular weight is 203 g/mol. The van der Waals surface area contributed by atoms with Crippen molar-refractivity contribution in [3.63, 3.8) is 0 Å². The number of hydrogen-bond donors (Lipinski definition) is 1. The van der Waals surface area contributed by atoms with Crippen LogP contribution in [0, 0.1) is 0 Å². The maximum absolute atomic E-state index is 6.30. The third-order valence-corrected chi connectivity index (χ3v) is 3.44. The summed E-state index contributed by atoms with van der Waals surface area (Å²) in [5.74, 6) is 0. The van der Waals surface area contributed by atoms with E-state index in [2.05, 4.69) is 42.6 Å². The van der Waals surface area contributed by atoms with Gasteiger partial charge in [-0.15, -0.1) is 0 Å². The van der Waals surface area contributed by atoms with Crippen LogP contribution in [-0.4, -0.2) is 18.7 Å².